The van der Waals surface area contributed by atoms with E-state index in [0.717, 1.165) is 44.9 Å². The first-order valence-electron chi connectivity index (χ1n) is 16.1. The van der Waals surface area contributed by atoms with Crippen LogP contribution in [0.2, 0.25) is 0 Å². The first-order valence-corrected chi connectivity index (χ1v) is 17.6. The van der Waals surface area contributed by atoms with Crippen molar-refractivity contribution in [1.29, 1.82) is 0 Å². The second kappa shape index (κ2) is 23.6. The van der Waals surface area contributed by atoms with Crippen LogP contribution in [0.15, 0.2) is 24.3 Å². The number of ether oxygens (including phenoxy) is 2. The summed E-state index contributed by atoms with van der Waals surface area (Å²) in [4.78, 5) is 34.1. The summed E-state index contributed by atoms with van der Waals surface area (Å²) in [5.74, 6) is -1.22. The fourth-order valence-electron chi connectivity index (χ4n) is 4.59. The molecule has 1 rings (SSSR count). The Morgan fingerprint density at radius 2 is 1.24 bits per heavy atom. The van der Waals surface area contributed by atoms with Gasteiger partial charge in [-0.3, -0.25) is 18.6 Å². The van der Waals surface area contributed by atoms with Gasteiger partial charge in [0, 0.05) is 12.8 Å². The van der Waals surface area contributed by atoms with E-state index in [9.17, 15) is 44.6 Å². The third-order valence-corrected chi connectivity index (χ3v) is 8.34. The summed E-state index contributed by atoms with van der Waals surface area (Å²) in [7, 11) is -5.08. The number of aliphatic hydroxyl groups excluding tert-OH is 5. The van der Waals surface area contributed by atoms with Crippen LogP contribution < -0.4 is 0 Å². The molecule has 45 heavy (non-hydrogen) atoms. The van der Waals surface area contributed by atoms with Crippen molar-refractivity contribution in [3.63, 3.8) is 0 Å². The number of hydrogen-bond acceptors (Lipinski definition) is 12. The van der Waals surface area contributed by atoms with Crippen LogP contribution in [-0.4, -0.2) is 98.3 Å². The molecule has 6 unspecified atom stereocenters. The van der Waals surface area contributed by atoms with Crippen molar-refractivity contribution in [3.8, 4) is 0 Å². The molecule has 6 atom stereocenters. The van der Waals surface area contributed by atoms with Gasteiger partial charge in [-0.2, -0.15) is 0 Å². The zero-order valence-corrected chi connectivity index (χ0v) is 27.5. The van der Waals surface area contributed by atoms with Gasteiger partial charge in [0.1, 0.15) is 43.2 Å². The van der Waals surface area contributed by atoms with E-state index in [-0.39, 0.29) is 12.8 Å². The molecule has 0 bridgehead atoms. The summed E-state index contributed by atoms with van der Waals surface area (Å²) in [6.45, 7) is 2.56. The number of unbranched alkanes of at least 4 members (excludes halogenated alkanes) is 9. The predicted molar refractivity (Wildman–Crippen MR) is 166 cm³/mol. The number of carbonyl (C=O) groups excluding carboxylic acids is 2. The summed E-state index contributed by atoms with van der Waals surface area (Å²) in [6, 6.07) is 0. The highest BCUT2D eigenvalue weighted by atomic mass is 31.2. The Balaban J connectivity index is 2.39. The number of carbonyl (C=O) groups is 2. The quantitative estimate of drug-likeness (QED) is 0.0378. The zero-order chi connectivity index (χ0) is 33.7. The van der Waals surface area contributed by atoms with Crippen LogP contribution in [0.3, 0.4) is 0 Å². The third-order valence-electron chi connectivity index (χ3n) is 7.35. The molecule has 1 saturated carbocycles. The van der Waals surface area contributed by atoms with Crippen LogP contribution in [0.5, 0.6) is 0 Å². The van der Waals surface area contributed by atoms with Gasteiger partial charge in [0.15, 0.2) is 6.10 Å². The Labute approximate surface area is 266 Å². The van der Waals surface area contributed by atoms with Crippen molar-refractivity contribution >= 4 is 19.8 Å². The summed E-state index contributed by atoms with van der Waals surface area (Å²) in [5.41, 5.74) is 0. The van der Waals surface area contributed by atoms with Crippen LogP contribution in [0.25, 0.3) is 0 Å². The second-order valence-electron chi connectivity index (χ2n) is 11.3. The Kier molecular flexibility index (Phi) is 21.7. The van der Waals surface area contributed by atoms with Crippen molar-refractivity contribution in [3.05, 3.63) is 24.3 Å². The molecular formula is C31H55O13P. The van der Waals surface area contributed by atoms with Crippen LogP contribution in [0.1, 0.15) is 104 Å². The molecule has 1 aliphatic rings. The summed E-state index contributed by atoms with van der Waals surface area (Å²) in [6.07, 6.45) is 8.38. The third kappa shape index (κ3) is 17.7. The lowest BCUT2D eigenvalue weighted by molar-refractivity contribution is -0.220. The van der Waals surface area contributed by atoms with Crippen molar-refractivity contribution < 1.29 is 63.1 Å². The van der Waals surface area contributed by atoms with Gasteiger partial charge in [0.25, 0.3) is 0 Å². The van der Waals surface area contributed by atoms with E-state index >= 15 is 0 Å². The summed E-state index contributed by atoms with van der Waals surface area (Å²) in [5, 5.41) is 49.3. The minimum atomic E-state index is -5.08. The Hall–Kier alpha value is -1.67. The lowest BCUT2D eigenvalue weighted by Crippen LogP contribution is -2.64. The molecule has 1 fully saturated rings. The van der Waals surface area contributed by atoms with Gasteiger partial charge in [0.2, 0.25) is 0 Å². The molecule has 6 N–H and O–H groups in total. The molecule has 262 valence electrons. The average molecular weight is 667 g/mol. The molecule has 0 aromatic heterocycles. The number of esters is 2. The lowest BCUT2D eigenvalue weighted by Gasteiger charge is -2.41. The molecule has 0 heterocycles. The topological polar surface area (TPSA) is 210 Å². The molecule has 0 spiro atoms. The SMILES string of the molecule is CCCCCC/C=C\C/C=C\CCCCCCCC(=O)OC(COC(=O)CC)COP(=O)(O)OC1C(O)C(O)C(O)C(O)C1O. The van der Waals surface area contributed by atoms with Crippen LogP contribution in [0, 0.1) is 0 Å². The van der Waals surface area contributed by atoms with E-state index in [1.54, 1.807) is 6.92 Å². The minimum Gasteiger partial charge on any atom is -0.462 e. The maximum atomic E-state index is 12.5. The number of phosphoric ester groups is 1. The molecule has 14 heteroatoms. The molecule has 1 aliphatic carbocycles. The highest BCUT2D eigenvalue weighted by Gasteiger charge is 2.51. The monoisotopic (exact) mass is 666 g/mol. The highest BCUT2D eigenvalue weighted by molar-refractivity contribution is 7.47. The molecule has 13 nitrogen and oxygen atoms in total. The van der Waals surface area contributed by atoms with Crippen molar-refractivity contribution in [2.24, 2.45) is 0 Å². The molecule has 0 aromatic carbocycles. The van der Waals surface area contributed by atoms with Gasteiger partial charge in [-0.1, -0.05) is 76.7 Å². The van der Waals surface area contributed by atoms with Gasteiger partial charge in [0.05, 0.1) is 6.61 Å². The molecule has 0 radical (unpaired) electrons. The van der Waals surface area contributed by atoms with Gasteiger partial charge in [-0.05, 0) is 38.5 Å². The van der Waals surface area contributed by atoms with E-state index in [0.29, 0.717) is 6.42 Å². The van der Waals surface area contributed by atoms with Crippen LogP contribution in [-0.2, 0) is 32.7 Å². The smallest absolute Gasteiger partial charge is 0.462 e. The molecule has 0 amide bonds. The summed E-state index contributed by atoms with van der Waals surface area (Å²) < 4.78 is 32.4. The Morgan fingerprint density at radius 1 is 0.711 bits per heavy atom. The van der Waals surface area contributed by atoms with Crippen molar-refractivity contribution in [2.45, 2.75) is 146 Å². The minimum absolute atomic E-state index is 0.0448. The standard InChI is InChI=1S/C31H55O13P/c1-3-5-6-7-8-9-10-11-12-13-14-15-16-17-18-19-20-25(33)43-23(21-41-24(32)4-2)22-42-45(39,40)44-31-29(37)27(35)26(34)28(36)30(31)38/h9-10,12-13,23,26-31,34-38H,3-8,11,14-22H2,1-2H3,(H,39,40)/b10-9-,13-12-. The molecule has 0 saturated heterocycles. The number of aliphatic hydroxyl groups is 5. The van der Waals surface area contributed by atoms with Gasteiger partial charge in [-0.15, -0.1) is 0 Å². The second-order valence-corrected chi connectivity index (χ2v) is 12.7. The predicted octanol–water partition coefficient (Wildman–Crippen LogP) is 3.38. The Bertz CT molecular complexity index is 911. The average Bonchev–Trinajstić information content (AvgIpc) is 3.02. The maximum Gasteiger partial charge on any atom is 0.472 e. The molecule has 0 aliphatic heterocycles. The number of phosphoric acid groups is 1. The van der Waals surface area contributed by atoms with Gasteiger partial charge in [-0.25, -0.2) is 4.57 Å². The molecular weight excluding hydrogens is 611 g/mol. The lowest BCUT2D eigenvalue weighted by atomic mass is 9.85. The number of allylic oxidation sites excluding steroid dienone is 4. The number of hydrogen-bond donors (Lipinski definition) is 6. The van der Waals surface area contributed by atoms with Crippen molar-refractivity contribution in [2.75, 3.05) is 13.2 Å². The Morgan fingerprint density at radius 3 is 1.82 bits per heavy atom. The van der Waals surface area contributed by atoms with Crippen LogP contribution >= 0.6 is 7.82 Å². The van der Waals surface area contributed by atoms with Gasteiger partial charge < -0.3 is 39.9 Å². The van der Waals surface area contributed by atoms with Gasteiger partial charge >= 0.3 is 19.8 Å². The van der Waals surface area contributed by atoms with Crippen molar-refractivity contribution in [1.82, 2.24) is 0 Å². The number of rotatable bonds is 24. The normalized spacial score (nSPS) is 25.8. The highest BCUT2D eigenvalue weighted by Crippen LogP contribution is 2.47. The zero-order valence-electron chi connectivity index (χ0n) is 26.7. The van der Waals surface area contributed by atoms with E-state index in [1.807, 2.05) is 0 Å². The van der Waals surface area contributed by atoms with E-state index in [1.165, 1.54) is 25.7 Å². The van der Waals surface area contributed by atoms with Crippen LogP contribution in [0.4, 0.5) is 0 Å². The first-order chi connectivity index (χ1) is 21.4. The largest absolute Gasteiger partial charge is 0.472 e. The molecule has 0 aromatic rings. The summed E-state index contributed by atoms with van der Waals surface area (Å²) >= 11 is 0. The fraction of sp³-hybridized carbons (Fsp3) is 0.806. The van der Waals surface area contributed by atoms with E-state index < -0.39 is 75.7 Å². The maximum absolute atomic E-state index is 12.5. The fourth-order valence-corrected chi connectivity index (χ4v) is 5.56. The van der Waals surface area contributed by atoms with E-state index in [2.05, 4.69) is 31.2 Å². The first kappa shape index (κ1) is 41.4. The van der Waals surface area contributed by atoms with E-state index in [4.69, 9.17) is 18.5 Å².